The second kappa shape index (κ2) is 6.78. The normalized spacial score (nSPS) is 11.9. The minimum Gasteiger partial charge on any atom is -0.618 e. The fourth-order valence-corrected chi connectivity index (χ4v) is 3.22. The van der Waals surface area contributed by atoms with Crippen LogP contribution in [0.25, 0.3) is 22.2 Å². The van der Waals surface area contributed by atoms with E-state index in [-0.39, 0.29) is 23.6 Å². The summed E-state index contributed by atoms with van der Waals surface area (Å²) >= 11 is 0. The summed E-state index contributed by atoms with van der Waals surface area (Å²) in [5, 5.41) is 31.5. The molecule has 9 heteroatoms. The van der Waals surface area contributed by atoms with E-state index in [0.29, 0.717) is 27.1 Å². The third-order valence-electron chi connectivity index (χ3n) is 4.60. The van der Waals surface area contributed by atoms with Crippen LogP contribution in [0, 0.1) is 11.0 Å². The summed E-state index contributed by atoms with van der Waals surface area (Å²) in [7, 11) is 0. The van der Waals surface area contributed by atoms with E-state index in [4.69, 9.17) is 5.73 Å². The van der Waals surface area contributed by atoms with E-state index in [2.05, 4.69) is 15.3 Å². The Labute approximate surface area is 165 Å². The summed E-state index contributed by atoms with van der Waals surface area (Å²) in [5.74, 6) is -0.304. The molecule has 4 rings (SSSR count). The second-order valence-corrected chi connectivity index (χ2v) is 7.29. The van der Waals surface area contributed by atoms with Crippen LogP contribution in [0.2, 0.25) is 0 Å². The third kappa shape index (κ3) is 3.47. The predicted molar refractivity (Wildman–Crippen MR) is 105 cm³/mol. The van der Waals surface area contributed by atoms with E-state index in [0.717, 1.165) is 0 Å². The number of hydrogen-bond donors (Lipinski definition) is 2. The molecular formula is C20H19FN6O2. The maximum absolute atomic E-state index is 14.1. The van der Waals surface area contributed by atoms with Gasteiger partial charge in [-0.1, -0.05) is 17.3 Å². The Morgan fingerprint density at radius 1 is 1.24 bits per heavy atom. The van der Waals surface area contributed by atoms with Crippen LogP contribution in [-0.4, -0.2) is 25.1 Å². The monoisotopic (exact) mass is 394 g/mol. The quantitative estimate of drug-likeness (QED) is 0.404. The minimum absolute atomic E-state index is 0.146. The summed E-state index contributed by atoms with van der Waals surface area (Å²) in [4.78, 5) is 4.06. The molecule has 3 heterocycles. The molecule has 0 saturated carbocycles. The van der Waals surface area contributed by atoms with Crippen molar-refractivity contribution in [2.45, 2.75) is 26.0 Å². The van der Waals surface area contributed by atoms with Gasteiger partial charge < -0.3 is 16.0 Å². The van der Waals surface area contributed by atoms with Crippen molar-refractivity contribution >= 4 is 16.7 Å². The molecule has 8 nitrogen and oxygen atoms in total. The first-order chi connectivity index (χ1) is 13.7. The summed E-state index contributed by atoms with van der Waals surface area (Å²) in [6.07, 6.45) is 1.65. The zero-order chi connectivity index (χ0) is 20.8. The molecule has 0 fully saturated rings. The lowest BCUT2D eigenvalue weighted by Gasteiger charge is -2.18. The molecular weight excluding hydrogens is 375 g/mol. The number of halogens is 1. The Bertz CT molecular complexity index is 1220. The average Bonchev–Trinajstić information content (AvgIpc) is 3.11. The number of nitrogens with two attached hydrogens (primary N) is 1. The molecule has 4 aromatic rings. The molecule has 0 radical (unpaired) electrons. The molecule has 0 spiro atoms. The van der Waals surface area contributed by atoms with Crippen LogP contribution in [0.4, 0.5) is 10.2 Å². The van der Waals surface area contributed by atoms with Crippen LogP contribution < -0.4 is 10.5 Å². The van der Waals surface area contributed by atoms with Gasteiger partial charge in [-0.05, 0) is 32.0 Å². The summed E-state index contributed by atoms with van der Waals surface area (Å²) < 4.78 is 16.3. The Morgan fingerprint density at radius 2 is 2.00 bits per heavy atom. The van der Waals surface area contributed by atoms with Gasteiger partial charge in [-0.15, -0.1) is 5.10 Å². The lowest BCUT2D eigenvalue weighted by atomic mass is 10.0. The van der Waals surface area contributed by atoms with Gasteiger partial charge in [0.2, 0.25) is 11.4 Å². The molecule has 0 aliphatic carbocycles. The first kappa shape index (κ1) is 18.8. The molecule has 0 saturated heterocycles. The minimum atomic E-state index is -1.27. The Morgan fingerprint density at radius 3 is 2.76 bits per heavy atom. The third-order valence-corrected chi connectivity index (χ3v) is 4.60. The fourth-order valence-electron chi connectivity index (χ4n) is 3.22. The number of aliphatic hydroxyl groups is 1. The fraction of sp³-hybridized carbons (Fsp3) is 0.200. The van der Waals surface area contributed by atoms with Crippen molar-refractivity contribution in [3.05, 3.63) is 71.1 Å². The van der Waals surface area contributed by atoms with Gasteiger partial charge in [-0.3, -0.25) is 0 Å². The molecule has 3 N–H and O–H groups in total. The summed E-state index contributed by atoms with van der Waals surface area (Å²) in [6, 6.07) is 11.2. The summed E-state index contributed by atoms with van der Waals surface area (Å²) in [6.45, 7) is 3.24. The van der Waals surface area contributed by atoms with Gasteiger partial charge in [-0.2, -0.15) is 4.73 Å². The molecule has 0 aliphatic heterocycles. The van der Waals surface area contributed by atoms with E-state index in [1.54, 1.807) is 56.4 Å². The molecule has 0 aliphatic rings. The molecule has 0 atom stereocenters. The van der Waals surface area contributed by atoms with Gasteiger partial charge >= 0.3 is 0 Å². The second-order valence-electron chi connectivity index (χ2n) is 7.29. The Hall–Kier alpha value is -3.59. The number of rotatable bonds is 4. The van der Waals surface area contributed by atoms with Gasteiger partial charge in [0.15, 0.2) is 0 Å². The molecule has 0 unspecified atom stereocenters. The van der Waals surface area contributed by atoms with Gasteiger partial charge in [0.25, 0.3) is 0 Å². The lowest BCUT2D eigenvalue weighted by Crippen LogP contribution is -2.43. The maximum Gasteiger partial charge on any atom is 0.224 e. The first-order valence-corrected chi connectivity index (χ1v) is 8.93. The van der Waals surface area contributed by atoms with Gasteiger partial charge in [-0.25, -0.2) is 14.1 Å². The van der Waals surface area contributed by atoms with Crippen LogP contribution in [-0.2, 0) is 12.1 Å². The van der Waals surface area contributed by atoms with E-state index in [9.17, 15) is 14.7 Å². The van der Waals surface area contributed by atoms with Crippen LogP contribution in [0.15, 0.2) is 48.7 Å². The number of nitrogen functional groups attached to an aromatic ring is 1. The van der Waals surface area contributed by atoms with E-state index in [1.807, 2.05) is 0 Å². The van der Waals surface area contributed by atoms with Crippen LogP contribution in [0.3, 0.4) is 0 Å². The standard InChI is InChI=1S/C20H19FN6O2/c1-20(2,28)17-8-3-5-12(27(17)29)10-26-11-16(24-25-26)14-9-18(22)23-19-13(14)6-4-7-15(19)21/h3-9,11,28H,10H2,1-2H3,(H2,22,23). The highest BCUT2D eigenvalue weighted by Gasteiger charge is 2.27. The number of nitrogens with zero attached hydrogens (tertiary/aromatic N) is 5. The summed E-state index contributed by atoms with van der Waals surface area (Å²) in [5.41, 5.74) is 6.43. The number of fused-ring (bicyclic) bond motifs is 1. The number of para-hydroxylation sites is 1. The van der Waals surface area contributed by atoms with E-state index in [1.165, 1.54) is 10.7 Å². The van der Waals surface area contributed by atoms with Crippen LogP contribution in [0.5, 0.6) is 0 Å². The van der Waals surface area contributed by atoms with Crippen molar-refractivity contribution < 1.29 is 14.2 Å². The smallest absolute Gasteiger partial charge is 0.224 e. The highest BCUT2D eigenvalue weighted by molar-refractivity contribution is 5.95. The van der Waals surface area contributed by atoms with Gasteiger partial charge in [0.1, 0.15) is 35.0 Å². The van der Waals surface area contributed by atoms with Crippen molar-refractivity contribution in [1.29, 1.82) is 0 Å². The van der Waals surface area contributed by atoms with Gasteiger partial charge in [0.05, 0.1) is 6.20 Å². The van der Waals surface area contributed by atoms with Crippen LogP contribution in [0.1, 0.15) is 25.2 Å². The number of anilines is 1. The molecule has 0 bridgehead atoms. The number of hydrogen-bond acceptors (Lipinski definition) is 6. The largest absolute Gasteiger partial charge is 0.618 e. The highest BCUT2D eigenvalue weighted by Crippen LogP contribution is 2.29. The van der Waals surface area contributed by atoms with E-state index < -0.39 is 11.4 Å². The van der Waals surface area contributed by atoms with Crippen molar-refractivity contribution in [2.24, 2.45) is 0 Å². The molecule has 1 aromatic carbocycles. The average molecular weight is 394 g/mol. The van der Waals surface area contributed by atoms with Crippen molar-refractivity contribution in [3.63, 3.8) is 0 Å². The lowest BCUT2D eigenvalue weighted by molar-refractivity contribution is -0.630. The Kier molecular flexibility index (Phi) is 4.39. The molecule has 148 valence electrons. The zero-order valence-electron chi connectivity index (χ0n) is 15.9. The van der Waals surface area contributed by atoms with Gasteiger partial charge in [0, 0.05) is 23.1 Å². The van der Waals surface area contributed by atoms with Crippen molar-refractivity contribution in [1.82, 2.24) is 20.0 Å². The maximum atomic E-state index is 14.1. The Balaban J connectivity index is 1.73. The number of benzene rings is 1. The molecule has 0 amide bonds. The SMILES string of the molecule is CC(C)(O)c1cccc(Cn2cc(-c3cc(N)nc4c(F)cccc34)nn2)[n+]1[O-]. The molecule has 29 heavy (non-hydrogen) atoms. The topological polar surface area (TPSA) is 117 Å². The van der Waals surface area contributed by atoms with E-state index >= 15 is 0 Å². The predicted octanol–water partition coefficient (Wildman–Crippen LogP) is 2.12. The zero-order valence-corrected chi connectivity index (χ0v) is 15.9. The van der Waals surface area contributed by atoms with Crippen molar-refractivity contribution in [2.75, 3.05) is 5.73 Å². The first-order valence-electron chi connectivity index (χ1n) is 8.93. The highest BCUT2D eigenvalue weighted by atomic mass is 19.1. The molecule has 3 aromatic heterocycles. The number of aromatic nitrogens is 5. The number of pyridine rings is 2. The van der Waals surface area contributed by atoms with Crippen LogP contribution >= 0.6 is 0 Å². The van der Waals surface area contributed by atoms with Crippen molar-refractivity contribution in [3.8, 4) is 11.3 Å².